The maximum absolute atomic E-state index is 11.6. The minimum atomic E-state index is -1.16. The van der Waals surface area contributed by atoms with Gasteiger partial charge in [0.05, 0.1) is 25.4 Å². The number of rotatable bonds is 10. The Labute approximate surface area is 133 Å². The Morgan fingerprint density at radius 2 is 1.48 bits per heavy atom. The quantitative estimate of drug-likeness (QED) is 0.301. The van der Waals surface area contributed by atoms with Crippen LogP contribution in [0.15, 0.2) is 24.3 Å². The lowest BCUT2D eigenvalue weighted by Crippen LogP contribution is -2.50. The second-order valence-electron chi connectivity index (χ2n) is 5.35. The van der Waals surface area contributed by atoms with E-state index in [2.05, 4.69) is 0 Å². The second-order valence-corrected chi connectivity index (χ2v) is 5.35. The van der Waals surface area contributed by atoms with Gasteiger partial charge in [-0.2, -0.15) is 0 Å². The summed E-state index contributed by atoms with van der Waals surface area (Å²) >= 11 is 0. The lowest BCUT2D eigenvalue weighted by molar-refractivity contribution is -0.144. The number of carboxylic acids is 1. The van der Waals surface area contributed by atoms with Gasteiger partial charge in [-0.05, 0) is 24.1 Å². The van der Waals surface area contributed by atoms with Crippen molar-refractivity contribution in [1.29, 1.82) is 0 Å². The molecule has 0 aromatic heterocycles. The maximum Gasteiger partial charge on any atom is 0.321 e. The van der Waals surface area contributed by atoms with Crippen molar-refractivity contribution in [1.82, 2.24) is 4.90 Å². The SMILES string of the molecule is O=C(O)[C@H](Cc1ccc(O)cc1)N(CC(O)CO)CC(O)CO. The van der Waals surface area contributed by atoms with Gasteiger partial charge in [0.25, 0.3) is 0 Å². The summed E-state index contributed by atoms with van der Waals surface area (Å²) in [5.41, 5.74) is 0.650. The summed E-state index contributed by atoms with van der Waals surface area (Å²) in [5.74, 6) is -1.10. The molecule has 0 radical (unpaired) electrons. The highest BCUT2D eigenvalue weighted by Gasteiger charge is 2.29. The predicted molar refractivity (Wildman–Crippen MR) is 81.0 cm³/mol. The molecule has 0 bridgehead atoms. The van der Waals surface area contributed by atoms with Crippen molar-refractivity contribution in [3.8, 4) is 5.75 Å². The van der Waals surface area contributed by atoms with Crippen molar-refractivity contribution < 1.29 is 35.4 Å². The molecule has 0 aliphatic heterocycles. The van der Waals surface area contributed by atoms with Gasteiger partial charge in [0.15, 0.2) is 0 Å². The fraction of sp³-hybridized carbons (Fsp3) is 0.533. The monoisotopic (exact) mass is 329 g/mol. The number of aliphatic hydroxyl groups excluding tert-OH is 4. The van der Waals surface area contributed by atoms with Crippen LogP contribution in [0.4, 0.5) is 0 Å². The summed E-state index contributed by atoms with van der Waals surface area (Å²) in [7, 11) is 0. The maximum atomic E-state index is 11.6. The van der Waals surface area contributed by atoms with Crippen LogP contribution in [0.25, 0.3) is 0 Å². The number of aromatic hydroxyl groups is 1. The average molecular weight is 329 g/mol. The Kier molecular flexibility index (Phi) is 7.93. The summed E-state index contributed by atoms with van der Waals surface area (Å²) in [5, 5.41) is 55.8. The zero-order chi connectivity index (χ0) is 17.4. The van der Waals surface area contributed by atoms with Crippen LogP contribution < -0.4 is 0 Å². The Hall–Kier alpha value is -1.71. The van der Waals surface area contributed by atoms with Gasteiger partial charge in [-0.3, -0.25) is 9.69 Å². The van der Waals surface area contributed by atoms with Crippen molar-refractivity contribution in [3.05, 3.63) is 29.8 Å². The fourth-order valence-corrected chi connectivity index (χ4v) is 2.21. The van der Waals surface area contributed by atoms with Crippen LogP contribution in [0, 0.1) is 0 Å². The van der Waals surface area contributed by atoms with Crippen LogP contribution in [0.5, 0.6) is 5.75 Å². The molecule has 8 heteroatoms. The van der Waals surface area contributed by atoms with Gasteiger partial charge in [-0.15, -0.1) is 0 Å². The van der Waals surface area contributed by atoms with E-state index in [1.807, 2.05) is 0 Å². The molecule has 0 heterocycles. The van der Waals surface area contributed by atoms with Crippen LogP contribution in [0.3, 0.4) is 0 Å². The van der Waals surface area contributed by atoms with Gasteiger partial charge >= 0.3 is 5.97 Å². The third kappa shape index (κ3) is 6.51. The number of phenols is 1. The molecule has 1 rings (SSSR count). The first-order valence-electron chi connectivity index (χ1n) is 7.20. The molecule has 3 atom stereocenters. The summed E-state index contributed by atoms with van der Waals surface area (Å²) < 4.78 is 0. The molecule has 0 spiro atoms. The van der Waals surface area contributed by atoms with Gasteiger partial charge < -0.3 is 30.6 Å². The first-order chi connectivity index (χ1) is 10.9. The van der Waals surface area contributed by atoms with E-state index in [-0.39, 0.29) is 25.3 Å². The molecule has 6 N–H and O–H groups in total. The third-order valence-corrected chi connectivity index (χ3v) is 3.40. The molecule has 0 fully saturated rings. The first kappa shape index (κ1) is 19.3. The number of carboxylic acid groups (broad SMARTS) is 1. The van der Waals surface area contributed by atoms with Crippen molar-refractivity contribution in [3.63, 3.8) is 0 Å². The molecule has 0 aliphatic rings. The molecule has 0 amide bonds. The summed E-state index contributed by atoms with van der Waals surface area (Å²) in [6, 6.07) is 4.96. The van der Waals surface area contributed by atoms with E-state index in [9.17, 15) is 25.2 Å². The smallest absolute Gasteiger partial charge is 0.321 e. The van der Waals surface area contributed by atoms with E-state index in [1.54, 1.807) is 12.1 Å². The van der Waals surface area contributed by atoms with Gasteiger partial charge in [-0.1, -0.05) is 12.1 Å². The Bertz CT molecular complexity index is 467. The van der Waals surface area contributed by atoms with Crippen LogP contribution >= 0.6 is 0 Å². The number of nitrogens with zero attached hydrogens (tertiary/aromatic N) is 1. The van der Waals surface area contributed by atoms with Gasteiger partial charge in [0.1, 0.15) is 11.8 Å². The van der Waals surface area contributed by atoms with Crippen LogP contribution in [0.2, 0.25) is 0 Å². The highest BCUT2D eigenvalue weighted by atomic mass is 16.4. The summed E-state index contributed by atoms with van der Waals surface area (Å²) in [4.78, 5) is 12.9. The molecule has 1 aromatic rings. The molecular formula is C15H23NO7. The average Bonchev–Trinajstić information content (AvgIpc) is 2.53. The van der Waals surface area contributed by atoms with Crippen molar-refractivity contribution in [2.75, 3.05) is 26.3 Å². The molecule has 23 heavy (non-hydrogen) atoms. The molecule has 0 saturated carbocycles. The largest absolute Gasteiger partial charge is 0.508 e. The number of phenolic OH excluding ortho intramolecular Hbond substituents is 1. The molecule has 0 aliphatic carbocycles. The van der Waals surface area contributed by atoms with E-state index in [4.69, 9.17) is 10.2 Å². The van der Waals surface area contributed by atoms with Crippen LogP contribution in [-0.2, 0) is 11.2 Å². The normalized spacial score (nSPS) is 15.3. The lowest BCUT2D eigenvalue weighted by atomic mass is 10.0. The molecule has 0 saturated heterocycles. The van der Waals surface area contributed by atoms with Crippen LogP contribution in [-0.4, -0.2) is 86.1 Å². The fourth-order valence-electron chi connectivity index (χ4n) is 2.21. The number of benzene rings is 1. The summed E-state index contributed by atoms with van der Waals surface area (Å²) in [6.45, 7) is -1.42. The van der Waals surface area contributed by atoms with Gasteiger partial charge in [0.2, 0.25) is 0 Å². The lowest BCUT2D eigenvalue weighted by Gasteiger charge is -2.31. The summed E-state index contributed by atoms with van der Waals surface area (Å²) in [6.07, 6.45) is -2.25. The topological polar surface area (TPSA) is 142 Å². The van der Waals surface area contributed by atoms with E-state index in [1.165, 1.54) is 17.0 Å². The number of aliphatic carboxylic acids is 1. The molecule has 1 aromatic carbocycles. The zero-order valence-corrected chi connectivity index (χ0v) is 12.6. The Morgan fingerprint density at radius 3 is 1.87 bits per heavy atom. The van der Waals surface area contributed by atoms with E-state index in [0.29, 0.717) is 5.56 Å². The van der Waals surface area contributed by atoms with Crippen molar-refractivity contribution in [2.45, 2.75) is 24.7 Å². The van der Waals surface area contributed by atoms with Gasteiger partial charge in [0, 0.05) is 13.1 Å². The molecule has 130 valence electrons. The molecule has 2 unspecified atom stereocenters. The minimum Gasteiger partial charge on any atom is -0.508 e. The standard InChI is InChI=1S/C15H23NO7/c17-8-12(20)6-16(7-13(21)9-18)14(15(22)23)5-10-1-3-11(19)4-2-10/h1-4,12-14,17-21H,5-9H2,(H,22,23)/t12?,13?,14-/m0/s1. The third-order valence-electron chi connectivity index (χ3n) is 3.40. The van der Waals surface area contributed by atoms with E-state index < -0.39 is 37.4 Å². The Balaban J connectivity index is 2.93. The predicted octanol–water partition coefficient (Wildman–Crippen LogP) is -1.60. The van der Waals surface area contributed by atoms with Crippen LogP contribution in [0.1, 0.15) is 5.56 Å². The van der Waals surface area contributed by atoms with E-state index >= 15 is 0 Å². The van der Waals surface area contributed by atoms with Crippen molar-refractivity contribution >= 4 is 5.97 Å². The highest BCUT2D eigenvalue weighted by molar-refractivity contribution is 5.74. The highest BCUT2D eigenvalue weighted by Crippen LogP contribution is 2.15. The molecule has 8 nitrogen and oxygen atoms in total. The molecular weight excluding hydrogens is 306 g/mol. The first-order valence-corrected chi connectivity index (χ1v) is 7.20. The zero-order valence-electron chi connectivity index (χ0n) is 12.6. The number of carbonyl (C=O) groups is 1. The number of aliphatic hydroxyl groups is 4. The second kappa shape index (κ2) is 9.43. The van der Waals surface area contributed by atoms with Gasteiger partial charge in [-0.25, -0.2) is 0 Å². The number of hydrogen-bond acceptors (Lipinski definition) is 7. The number of hydrogen-bond donors (Lipinski definition) is 6. The minimum absolute atomic E-state index is 0.0592. The van der Waals surface area contributed by atoms with Crippen molar-refractivity contribution in [2.24, 2.45) is 0 Å². The Morgan fingerprint density at radius 1 is 1.00 bits per heavy atom. The van der Waals surface area contributed by atoms with E-state index in [0.717, 1.165) is 0 Å².